The van der Waals surface area contributed by atoms with Crippen LogP contribution in [0, 0.1) is 5.92 Å². The molecule has 0 aromatic heterocycles. The molecule has 9 heteroatoms. The van der Waals surface area contributed by atoms with Crippen LogP contribution in [0.15, 0.2) is 18.2 Å². The summed E-state index contributed by atoms with van der Waals surface area (Å²) in [5, 5.41) is 6.01. The van der Waals surface area contributed by atoms with E-state index in [1.807, 2.05) is 4.90 Å². The molecule has 172 valence electrons. The van der Waals surface area contributed by atoms with Gasteiger partial charge in [0, 0.05) is 31.2 Å². The maximum Gasteiger partial charge on any atom is 0.416 e. The van der Waals surface area contributed by atoms with Crippen molar-refractivity contribution in [3.05, 3.63) is 34.9 Å². The second kappa shape index (κ2) is 10.4. The quantitative estimate of drug-likeness (QED) is 0.632. The van der Waals surface area contributed by atoms with Crippen LogP contribution in [0.5, 0.6) is 0 Å². The normalized spacial score (nSPS) is 21.9. The molecule has 1 aliphatic carbocycles. The maximum absolute atomic E-state index is 13.0. The SMILES string of the molecule is O=C(NCC1CCC(NCC(=O)N2CCCC2)CC1)c1cc(CF)cc(C(F)(F)F)c1. The van der Waals surface area contributed by atoms with Crippen molar-refractivity contribution in [3.8, 4) is 0 Å². The molecule has 0 spiro atoms. The minimum absolute atomic E-state index is 0.139. The van der Waals surface area contributed by atoms with Crippen LogP contribution >= 0.6 is 0 Å². The highest BCUT2D eigenvalue weighted by molar-refractivity contribution is 5.94. The number of carbonyl (C=O) groups excluding carboxylic acids is 2. The summed E-state index contributed by atoms with van der Waals surface area (Å²) in [6.45, 7) is 1.32. The van der Waals surface area contributed by atoms with Crippen molar-refractivity contribution in [2.45, 2.75) is 57.4 Å². The fourth-order valence-corrected chi connectivity index (χ4v) is 4.28. The lowest BCUT2D eigenvalue weighted by molar-refractivity contribution is -0.137. The highest BCUT2D eigenvalue weighted by atomic mass is 19.4. The number of nitrogens with one attached hydrogen (secondary N) is 2. The maximum atomic E-state index is 13.0. The van der Waals surface area contributed by atoms with Crippen LogP contribution in [0.4, 0.5) is 17.6 Å². The molecule has 3 rings (SSSR count). The number of hydrogen-bond acceptors (Lipinski definition) is 3. The van der Waals surface area contributed by atoms with Crippen molar-refractivity contribution in [2.75, 3.05) is 26.2 Å². The molecule has 1 saturated carbocycles. The Balaban J connectivity index is 1.43. The number of halogens is 4. The Morgan fingerprint density at radius 1 is 1.03 bits per heavy atom. The Bertz CT molecular complexity index is 771. The summed E-state index contributed by atoms with van der Waals surface area (Å²) in [5.41, 5.74) is -1.38. The van der Waals surface area contributed by atoms with E-state index in [0.29, 0.717) is 13.1 Å². The molecule has 2 fully saturated rings. The summed E-state index contributed by atoms with van der Waals surface area (Å²) in [6, 6.07) is 2.89. The van der Waals surface area contributed by atoms with Crippen LogP contribution in [0.3, 0.4) is 0 Å². The topological polar surface area (TPSA) is 61.4 Å². The Morgan fingerprint density at radius 2 is 1.71 bits per heavy atom. The van der Waals surface area contributed by atoms with Crippen LogP contribution in [-0.2, 0) is 17.6 Å². The van der Waals surface area contributed by atoms with Gasteiger partial charge in [0.25, 0.3) is 5.91 Å². The molecule has 0 atom stereocenters. The van der Waals surface area contributed by atoms with Gasteiger partial charge in [-0.15, -0.1) is 0 Å². The van der Waals surface area contributed by atoms with E-state index in [9.17, 15) is 27.2 Å². The molecule has 1 aliphatic heterocycles. The van der Waals surface area contributed by atoms with Crippen molar-refractivity contribution >= 4 is 11.8 Å². The molecule has 0 radical (unpaired) electrons. The van der Waals surface area contributed by atoms with Crippen molar-refractivity contribution in [1.82, 2.24) is 15.5 Å². The van der Waals surface area contributed by atoms with Gasteiger partial charge in [-0.1, -0.05) is 0 Å². The highest BCUT2D eigenvalue weighted by Crippen LogP contribution is 2.31. The molecule has 1 aromatic carbocycles. The average Bonchev–Trinajstić information content (AvgIpc) is 3.30. The molecule has 0 unspecified atom stereocenters. The van der Waals surface area contributed by atoms with E-state index in [-0.39, 0.29) is 29.0 Å². The van der Waals surface area contributed by atoms with Gasteiger partial charge in [-0.25, -0.2) is 4.39 Å². The minimum atomic E-state index is -4.64. The lowest BCUT2D eigenvalue weighted by Crippen LogP contribution is -2.42. The summed E-state index contributed by atoms with van der Waals surface area (Å²) in [7, 11) is 0. The van der Waals surface area contributed by atoms with Gasteiger partial charge in [-0.2, -0.15) is 13.2 Å². The first-order chi connectivity index (χ1) is 14.8. The Hall–Kier alpha value is -2.16. The number of hydrogen-bond donors (Lipinski definition) is 2. The summed E-state index contributed by atoms with van der Waals surface area (Å²) in [5.74, 6) is -0.263. The van der Waals surface area contributed by atoms with Crippen molar-refractivity contribution in [1.29, 1.82) is 0 Å². The molecule has 1 saturated heterocycles. The van der Waals surface area contributed by atoms with Crippen LogP contribution < -0.4 is 10.6 Å². The smallest absolute Gasteiger partial charge is 0.352 e. The molecule has 2 N–H and O–H groups in total. The second-order valence-corrected chi connectivity index (χ2v) is 8.45. The van der Waals surface area contributed by atoms with Crippen LogP contribution in [-0.4, -0.2) is 48.9 Å². The predicted molar refractivity (Wildman–Crippen MR) is 108 cm³/mol. The molecular formula is C22H29F4N3O2. The number of carbonyl (C=O) groups is 2. The minimum Gasteiger partial charge on any atom is -0.352 e. The number of alkyl halides is 4. The standard InChI is InChI=1S/C22H29F4N3O2/c23-12-16-9-17(11-18(10-16)22(24,25)26)21(31)28-13-15-3-5-19(6-4-15)27-14-20(30)29-7-1-2-8-29/h9-11,15,19,27H,1-8,12-14H2,(H,28,31). The molecule has 5 nitrogen and oxygen atoms in total. The van der Waals surface area contributed by atoms with E-state index < -0.39 is 24.3 Å². The van der Waals surface area contributed by atoms with E-state index in [1.54, 1.807) is 0 Å². The van der Waals surface area contributed by atoms with Crippen LogP contribution in [0.1, 0.15) is 60.0 Å². The zero-order chi connectivity index (χ0) is 22.4. The van der Waals surface area contributed by atoms with E-state index in [0.717, 1.165) is 69.8 Å². The van der Waals surface area contributed by atoms with Gasteiger partial charge in [0.05, 0.1) is 12.1 Å². The molecule has 1 aromatic rings. The lowest BCUT2D eigenvalue weighted by atomic mass is 9.86. The zero-order valence-corrected chi connectivity index (χ0v) is 17.4. The average molecular weight is 443 g/mol. The highest BCUT2D eigenvalue weighted by Gasteiger charge is 2.32. The van der Waals surface area contributed by atoms with Gasteiger partial charge in [0.1, 0.15) is 6.67 Å². The third kappa shape index (κ3) is 6.66. The van der Waals surface area contributed by atoms with E-state index in [2.05, 4.69) is 10.6 Å². The summed E-state index contributed by atoms with van der Waals surface area (Å²) < 4.78 is 51.9. The van der Waals surface area contributed by atoms with Gasteiger partial charge in [-0.05, 0) is 68.2 Å². The number of benzene rings is 1. The lowest BCUT2D eigenvalue weighted by Gasteiger charge is -2.29. The largest absolute Gasteiger partial charge is 0.416 e. The first-order valence-electron chi connectivity index (χ1n) is 10.8. The van der Waals surface area contributed by atoms with Gasteiger partial charge in [0.15, 0.2) is 0 Å². The van der Waals surface area contributed by atoms with E-state index in [1.165, 1.54) is 0 Å². The van der Waals surface area contributed by atoms with Crippen LogP contribution in [0.25, 0.3) is 0 Å². The van der Waals surface area contributed by atoms with Gasteiger partial charge in [-0.3, -0.25) is 9.59 Å². The summed E-state index contributed by atoms with van der Waals surface area (Å²) >= 11 is 0. The Labute approximate surface area is 179 Å². The zero-order valence-electron chi connectivity index (χ0n) is 17.4. The van der Waals surface area contributed by atoms with Gasteiger partial charge < -0.3 is 15.5 Å². The van der Waals surface area contributed by atoms with Crippen molar-refractivity contribution < 1.29 is 27.2 Å². The number of likely N-dealkylation sites (tertiary alicyclic amines) is 1. The van der Waals surface area contributed by atoms with Crippen molar-refractivity contribution in [3.63, 3.8) is 0 Å². The number of rotatable bonds is 7. The van der Waals surface area contributed by atoms with E-state index in [4.69, 9.17) is 0 Å². The predicted octanol–water partition coefficient (Wildman–Crippen LogP) is 3.68. The van der Waals surface area contributed by atoms with Crippen molar-refractivity contribution in [2.24, 2.45) is 5.92 Å². The van der Waals surface area contributed by atoms with Gasteiger partial charge >= 0.3 is 6.18 Å². The molecule has 2 amide bonds. The molecule has 2 aliphatic rings. The molecule has 31 heavy (non-hydrogen) atoms. The number of nitrogens with zero attached hydrogens (tertiary/aromatic N) is 1. The fourth-order valence-electron chi connectivity index (χ4n) is 4.28. The Morgan fingerprint density at radius 3 is 2.32 bits per heavy atom. The van der Waals surface area contributed by atoms with Gasteiger partial charge in [0.2, 0.25) is 5.91 Å². The fraction of sp³-hybridized carbons (Fsp3) is 0.636. The Kier molecular flexibility index (Phi) is 7.91. The van der Waals surface area contributed by atoms with Crippen LogP contribution in [0.2, 0.25) is 0 Å². The third-order valence-corrected chi connectivity index (χ3v) is 6.14. The van der Waals surface area contributed by atoms with E-state index >= 15 is 0 Å². The summed E-state index contributed by atoms with van der Waals surface area (Å²) in [6.07, 6.45) is 0.965. The first kappa shape index (κ1) is 23.5. The molecular weight excluding hydrogens is 414 g/mol. The monoisotopic (exact) mass is 443 g/mol. The third-order valence-electron chi connectivity index (χ3n) is 6.14. The molecule has 1 heterocycles. The second-order valence-electron chi connectivity index (χ2n) is 8.45. The summed E-state index contributed by atoms with van der Waals surface area (Å²) in [4.78, 5) is 26.4. The number of amides is 2. The first-order valence-corrected chi connectivity index (χ1v) is 10.8. The molecule has 0 bridgehead atoms.